The number of hydrogen-bond acceptors (Lipinski definition) is 3. The molecule has 4 nitrogen and oxygen atoms in total. The second-order valence-electron chi connectivity index (χ2n) is 9.22. The molecule has 0 spiro atoms. The van der Waals surface area contributed by atoms with Crippen molar-refractivity contribution in [1.29, 1.82) is 0 Å². The summed E-state index contributed by atoms with van der Waals surface area (Å²) in [6.07, 6.45) is 2.58. The van der Waals surface area contributed by atoms with Crippen LogP contribution in [0.3, 0.4) is 0 Å². The van der Waals surface area contributed by atoms with Gasteiger partial charge in [-0.05, 0) is 54.8 Å². The van der Waals surface area contributed by atoms with Crippen molar-refractivity contribution in [2.75, 3.05) is 6.61 Å². The molecule has 1 fully saturated rings. The van der Waals surface area contributed by atoms with E-state index in [9.17, 15) is 18.0 Å². The minimum absolute atomic E-state index is 0.0203. The molecule has 176 valence electrons. The minimum Gasteiger partial charge on any atom is -0.494 e. The van der Waals surface area contributed by atoms with Crippen molar-refractivity contribution in [3.8, 4) is 5.75 Å². The van der Waals surface area contributed by atoms with E-state index in [-0.39, 0.29) is 12.0 Å². The molecule has 1 aliphatic heterocycles. The van der Waals surface area contributed by atoms with Gasteiger partial charge in [0, 0.05) is 12.0 Å². The number of hydrogen-bond donors (Lipinski definition) is 1. The zero-order valence-corrected chi connectivity index (χ0v) is 19.1. The van der Waals surface area contributed by atoms with E-state index >= 15 is 0 Å². The zero-order valence-electron chi connectivity index (χ0n) is 19.1. The van der Waals surface area contributed by atoms with E-state index in [4.69, 9.17) is 4.74 Å². The summed E-state index contributed by atoms with van der Waals surface area (Å²) in [7, 11) is 0. The van der Waals surface area contributed by atoms with Crippen LogP contribution in [0.15, 0.2) is 36.4 Å². The molecular formula is C25H33F3N2O2. The fraction of sp³-hybridized carbons (Fsp3) is 0.560. The Morgan fingerprint density at radius 2 is 1.69 bits per heavy atom. The third-order valence-electron chi connectivity index (χ3n) is 5.98. The van der Waals surface area contributed by atoms with Crippen molar-refractivity contribution in [3.05, 3.63) is 42.0 Å². The number of carbonyl (C=O) groups is 1. The van der Waals surface area contributed by atoms with Gasteiger partial charge in [0.1, 0.15) is 5.75 Å². The van der Waals surface area contributed by atoms with Gasteiger partial charge in [0.2, 0.25) is 5.91 Å². The maximum Gasteiger partial charge on any atom is 0.409 e. The van der Waals surface area contributed by atoms with E-state index in [2.05, 4.69) is 12.3 Å². The van der Waals surface area contributed by atoms with Crippen LogP contribution in [-0.2, 0) is 4.79 Å². The molecule has 3 rings (SSSR count). The highest BCUT2D eigenvalue weighted by Crippen LogP contribution is 2.43. The van der Waals surface area contributed by atoms with Gasteiger partial charge in [0.25, 0.3) is 0 Å². The molecule has 7 heteroatoms. The van der Waals surface area contributed by atoms with Gasteiger partial charge in [-0.2, -0.15) is 18.2 Å². The Hall–Kier alpha value is -2.28. The van der Waals surface area contributed by atoms with Crippen LogP contribution < -0.4 is 10.2 Å². The summed E-state index contributed by atoms with van der Waals surface area (Å²) in [6.45, 7) is 6.10. The molecule has 0 unspecified atom stereocenters. The lowest BCUT2D eigenvalue weighted by Gasteiger charge is -2.38. The smallest absolute Gasteiger partial charge is 0.409 e. The molecular weight excluding hydrogens is 417 g/mol. The number of unbranched alkanes of at least 4 members (excludes halogenated alkanes) is 5. The molecule has 1 atom stereocenters. The molecule has 2 aromatic carbocycles. The first-order valence-corrected chi connectivity index (χ1v) is 11.4. The van der Waals surface area contributed by atoms with Crippen LogP contribution in [0, 0.1) is 0 Å². The second-order valence-corrected chi connectivity index (χ2v) is 9.22. The van der Waals surface area contributed by atoms with Crippen LogP contribution in [0.4, 0.5) is 13.2 Å². The van der Waals surface area contributed by atoms with Gasteiger partial charge in [-0.3, -0.25) is 10.2 Å². The first-order valence-electron chi connectivity index (χ1n) is 11.4. The molecule has 0 bridgehead atoms. The molecule has 1 heterocycles. The fourth-order valence-electron chi connectivity index (χ4n) is 4.28. The lowest BCUT2D eigenvalue weighted by atomic mass is 9.95. The monoisotopic (exact) mass is 450 g/mol. The molecule has 32 heavy (non-hydrogen) atoms. The van der Waals surface area contributed by atoms with E-state index in [0.29, 0.717) is 12.0 Å². The molecule has 2 aromatic rings. The van der Waals surface area contributed by atoms with Crippen molar-refractivity contribution in [1.82, 2.24) is 10.4 Å². The Kier molecular flexibility index (Phi) is 7.70. The normalized spacial score (nSPS) is 17.5. The quantitative estimate of drug-likeness (QED) is 0.410. The van der Waals surface area contributed by atoms with Crippen LogP contribution in [-0.4, -0.2) is 29.2 Å². The van der Waals surface area contributed by atoms with Gasteiger partial charge in [0.15, 0.2) is 6.04 Å². The van der Waals surface area contributed by atoms with Crippen molar-refractivity contribution in [2.45, 2.75) is 83.5 Å². The molecule has 0 radical (unpaired) electrons. The lowest BCUT2D eigenvalue weighted by Crippen LogP contribution is -2.51. The summed E-state index contributed by atoms with van der Waals surface area (Å²) in [5.41, 5.74) is 1.56. The number of halogens is 3. The van der Waals surface area contributed by atoms with Gasteiger partial charge in [-0.25, -0.2) is 0 Å². The van der Waals surface area contributed by atoms with Crippen LogP contribution in [0.5, 0.6) is 5.75 Å². The summed E-state index contributed by atoms with van der Waals surface area (Å²) in [5.74, 6) is 0.316. The standard InChI is InChI=1S/C25H33F3N2O2/c1-4-5-6-7-8-9-14-32-21-13-12-18-15-20(11-10-19(18)16-21)23(25(26,27)28)30-24(2,3)17-22(31)29-30/h10-13,15-16,23H,4-9,14,17H2,1-3H3,(H,29,31)/t23-/m0/s1. The topological polar surface area (TPSA) is 41.6 Å². The van der Waals surface area contributed by atoms with Gasteiger partial charge in [-0.1, -0.05) is 57.2 Å². The average molecular weight is 451 g/mol. The fourth-order valence-corrected chi connectivity index (χ4v) is 4.28. The predicted molar refractivity (Wildman–Crippen MR) is 120 cm³/mol. The highest BCUT2D eigenvalue weighted by molar-refractivity contribution is 5.85. The molecule has 1 N–H and O–H groups in total. The second kappa shape index (κ2) is 10.1. The summed E-state index contributed by atoms with van der Waals surface area (Å²) in [5, 5.41) is 2.56. The summed E-state index contributed by atoms with van der Waals surface area (Å²) < 4.78 is 48.0. The minimum atomic E-state index is -4.54. The molecule has 1 amide bonds. The Morgan fingerprint density at radius 1 is 1.03 bits per heavy atom. The van der Waals surface area contributed by atoms with Gasteiger partial charge >= 0.3 is 6.18 Å². The third-order valence-corrected chi connectivity index (χ3v) is 5.98. The molecule has 0 aromatic heterocycles. The van der Waals surface area contributed by atoms with Crippen LogP contribution in [0.25, 0.3) is 10.8 Å². The molecule has 0 saturated carbocycles. The van der Waals surface area contributed by atoms with E-state index in [1.54, 1.807) is 38.1 Å². The Bertz CT molecular complexity index is 927. The lowest BCUT2D eigenvalue weighted by molar-refractivity contribution is -0.203. The number of alkyl halides is 3. The first-order chi connectivity index (χ1) is 15.1. The molecule has 1 aliphatic rings. The van der Waals surface area contributed by atoms with E-state index in [1.807, 2.05) is 6.07 Å². The van der Waals surface area contributed by atoms with Gasteiger partial charge in [-0.15, -0.1) is 0 Å². The van der Waals surface area contributed by atoms with Crippen molar-refractivity contribution in [2.24, 2.45) is 0 Å². The van der Waals surface area contributed by atoms with Gasteiger partial charge < -0.3 is 4.74 Å². The molecule has 1 saturated heterocycles. The number of amides is 1. The Labute approximate surface area is 188 Å². The SMILES string of the molecule is CCCCCCCCOc1ccc2cc([C@H](N3NC(=O)CC3(C)C)C(F)(F)F)ccc2c1. The van der Waals surface area contributed by atoms with Gasteiger partial charge in [0.05, 0.1) is 6.61 Å². The number of benzene rings is 2. The maximum absolute atomic E-state index is 14.1. The first kappa shape index (κ1) is 24.4. The van der Waals surface area contributed by atoms with E-state index in [1.165, 1.54) is 31.7 Å². The number of hydrazine groups is 1. The highest BCUT2D eigenvalue weighted by Gasteiger charge is 2.52. The number of ether oxygens (including phenoxy) is 1. The summed E-state index contributed by atoms with van der Waals surface area (Å²) >= 11 is 0. The largest absolute Gasteiger partial charge is 0.494 e. The summed E-state index contributed by atoms with van der Waals surface area (Å²) in [6, 6.07) is 8.25. The van der Waals surface area contributed by atoms with Crippen LogP contribution >= 0.6 is 0 Å². The van der Waals surface area contributed by atoms with Crippen molar-refractivity contribution < 1.29 is 22.7 Å². The number of carbonyl (C=O) groups excluding carboxylic acids is 1. The zero-order chi connectivity index (χ0) is 23.4. The number of rotatable bonds is 10. The Morgan fingerprint density at radius 3 is 2.34 bits per heavy atom. The predicted octanol–water partition coefficient (Wildman–Crippen LogP) is 6.70. The van der Waals surface area contributed by atoms with E-state index in [0.717, 1.165) is 29.0 Å². The Balaban J connectivity index is 1.73. The van der Waals surface area contributed by atoms with Crippen LogP contribution in [0.1, 0.15) is 77.3 Å². The number of nitrogens with one attached hydrogen (secondary N) is 1. The number of fused-ring (bicyclic) bond motifs is 1. The van der Waals surface area contributed by atoms with Crippen molar-refractivity contribution >= 4 is 16.7 Å². The van der Waals surface area contributed by atoms with Crippen molar-refractivity contribution in [3.63, 3.8) is 0 Å². The van der Waals surface area contributed by atoms with Crippen LogP contribution in [0.2, 0.25) is 0 Å². The third kappa shape index (κ3) is 5.94. The highest BCUT2D eigenvalue weighted by atomic mass is 19.4. The average Bonchev–Trinajstić information content (AvgIpc) is 2.98. The number of nitrogens with zero attached hydrogens (tertiary/aromatic N) is 1. The summed E-state index contributed by atoms with van der Waals surface area (Å²) in [4.78, 5) is 11.8. The van der Waals surface area contributed by atoms with E-state index < -0.39 is 23.7 Å². The molecule has 0 aliphatic carbocycles. The maximum atomic E-state index is 14.1.